The molecule has 1 N–H and O–H groups in total. The zero-order valence-corrected chi connectivity index (χ0v) is 10.7. The van der Waals surface area contributed by atoms with Crippen molar-refractivity contribution in [2.45, 2.75) is 6.18 Å². The molecular weight excluding hydrogens is 293 g/mol. The second-order valence-electron chi connectivity index (χ2n) is 4.08. The Morgan fingerprint density at radius 3 is 2.40 bits per heavy atom. The lowest BCUT2D eigenvalue weighted by Gasteiger charge is -2.11. The number of hydrogen-bond acceptors (Lipinski definition) is 2. The van der Waals surface area contributed by atoms with E-state index < -0.39 is 11.7 Å². The molecule has 2 nitrogen and oxygen atoms in total. The average Bonchev–Trinajstić information content (AvgIpc) is 2.39. The van der Waals surface area contributed by atoms with E-state index in [9.17, 15) is 23.1 Å². The van der Waals surface area contributed by atoms with Gasteiger partial charge in [0.25, 0.3) is 0 Å². The van der Waals surface area contributed by atoms with Gasteiger partial charge in [0.1, 0.15) is 5.75 Å². The summed E-state index contributed by atoms with van der Waals surface area (Å²) in [6, 6.07) is 6.84. The minimum Gasteiger partial charge on any atom is -0.507 e. The molecule has 104 valence electrons. The van der Waals surface area contributed by atoms with Crippen LogP contribution in [0.25, 0.3) is 11.1 Å². The molecule has 0 aliphatic rings. The van der Waals surface area contributed by atoms with Crippen LogP contribution in [0.4, 0.5) is 13.2 Å². The van der Waals surface area contributed by atoms with Gasteiger partial charge >= 0.3 is 6.18 Å². The Bertz CT molecular complexity index is 666. The van der Waals surface area contributed by atoms with Gasteiger partial charge in [-0.2, -0.15) is 13.2 Å². The zero-order chi connectivity index (χ0) is 14.9. The minimum absolute atomic E-state index is 0.0176. The molecule has 20 heavy (non-hydrogen) atoms. The van der Waals surface area contributed by atoms with Gasteiger partial charge in [0.05, 0.1) is 11.1 Å². The molecule has 0 aliphatic carbocycles. The van der Waals surface area contributed by atoms with Gasteiger partial charge in [0.15, 0.2) is 6.29 Å². The Hall–Kier alpha value is -2.01. The molecule has 0 atom stereocenters. The van der Waals surface area contributed by atoms with Crippen LogP contribution in [0.3, 0.4) is 0 Å². The molecule has 0 heterocycles. The van der Waals surface area contributed by atoms with Crippen LogP contribution in [0.1, 0.15) is 15.9 Å². The van der Waals surface area contributed by atoms with E-state index in [2.05, 4.69) is 0 Å². The number of rotatable bonds is 2. The quantitative estimate of drug-likeness (QED) is 0.827. The maximum Gasteiger partial charge on any atom is 0.416 e. The lowest BCUT2D eigenvalue weighted by molar-refractivity contribution is -0.137. The molecule has 6 heteroatoms. The second-order valence-corrected chi connectivity index (χ2v) is 4.49. The fraction of sp³-hybridized carbons (Fsp3) is 0.0714. The summed E-state index contributed by atoms with van der Waals surface area (Å²) in [4.78, 5) is 10.7. The fourth-order valence-corrected chi connectivity index (χ4v) is 1.97. The number of phenols is 1. The third kappa shape index (κ3) is 2.77. The van der Waals surface area contributed by atoms with E-state index in [1.165, 1.54) is 18.2 Å². The van der Waals surface area contributed by atoms with Crippen molar-refractivity contribution in [3.63, 3.8) is 0 Å². The Labute approximate surface area is 117 Å². The predicted molar refractivity (Wildman–Crippen MR) is 68.9 cm³/mol. The number of aldehydes is 1. The van der Waals surface area contributed by atoms with Crippen LogP contribution in [0.15, 0.2) is 36.4 Å². The van der Waals surface area contributed by atoms with E-state index in [0.717, 1.165) is 18.2 Å². The number of halogens is 4. The SMILES string of the molecule is O=Cc1cc(-c2cc(C(F)(F)F)ccc2Cl)ccc1O. The van der Waals surface area contributed by atoms with E-state index in [-0.39, 0.29) is 21.9 Å². The maximum atomic E-state index is 12.7. The molecule has 0 bridgehead atoms. The standard InChI is InChI=1S/C14H8ClF3O2/c15-12-3-2-10(14(16,17)18)6-11(12)8-1-4-13(20)9(5-8)7-19/h1-7,20H. The molecule has 2 rings (SSSR count). The maximum absolute atomic E-state index is 12.7. The number of aromatic hydroxyl groups is 1. The van der Waals surface area contributed by atoms with E-state index in [4.69, 9.17) is 11.6 Å². The summed E-state index contributed by atoms with van der Waals surface area (Å²) in [5.41, 5.74) is -0.390. The Morgan fingerprint density at radius 2 is 1.80 bits per heavy atom. The first-order valence-corrected chi connectivity index (χ1v) is 5.86. The van der Waals surface area contributed by atoms with Gasteiger partial charge in [-0.25, -0.2) is 0 Å². The van der Waals surface area contributed by atoms with Crippen LogP contribution in [0.5, 0.6) is 5.75 Å². The summed E-state index contributed by atoms with van der Waals surface area (Å²) in [5.74, 6) is -0.244. The van der Waals surface area contributed by atoms with Gasteiger partial charge < -0.3 is 5.11 Å². The van der Waals surface area contributed by atoms with Crippen LogP contribution in [-0.4, -0.2) is 11.4 Å². The van der Waals surface area contributed by atoms with Crippen molar-refractivity contribution >= 4 is 17.9 Å². The van der Waals surface area contributed by atoms with Gasteiger partial charge in [-0.05, 0) is 35.9 Å². The highest BCUT2D eigenvalue weighted by molar-refractivity contribution is 6.33. The summed E-state index contributed by atoms with van der Waals surface area (Å²) in [6.07, 6.45) is -4.07. The van der Waals surface area contributed by atoms with Gasteiger partial charge in [0, 0.05) is 10.6 Å². The molecule has 0 aliphatic heterocycles. The summed E-state index contributed by atoms with van der Waals surface area (Å²) >= 11 is 5.90. The molecule has 2 aromatic rings. The van der Waals surface area contributed by atoms with E-state index in [0.29, 0.717) is 11.8 Å². The van der Waals surface area contributed by atoms with Crippen molar-refractivity contribution in [1.29, 1.82) is 0 Å². The van der Waals surface area contributed by atoms with Gasteiger partial charge in [-0.3, -0.25) is 4.79 Å². The highest BCUT2D eigenvalue weighted by Crippen LogP contribution is 2.36. The Balaban J connectivity index is 2.60. The van der Waals surface area contributed by atoms with Gasteiger partial charge in [-0.15, -0.1) is 0 Å². The monoisotopic (exact) mass is 300 g/mol. The first-order valence-electron chi connectivity index (χ1n) is 5.48. The Kier molecular flexibility index (Phi) is 3.72. The lowest BCUT2D eigenvalue weighted by atomic mass is 10.0. The van der Waals surface area contributed by atoms with Crippen molar-refractivity contribution in [2.75, 3.05) is 0 Å². The first kappa shape index (κ1) is 14.4. The molecule has 0 amide bonds. The molecule has 0 radical (unpaired) electrons. The molecular formula is C14H8ClF3O2. The fourth-order valence-electron chi connectivity index (χ4n) is 1.74. The lowest BCUT2D eigenvalue weighted by Crippen LogP contribution is -2.04. The van der Waals surface area contributed by atoms with Crippen LogP contribution in [0, 0.1) is 0 Å². The molecule has 0 unspecified atom stereocenters. The van der Waals surface area contributed by atoms with Crippen molar-refractivity contribution in [3.05, 3.63) is 52.5 Å². The minimum atomic E-state index is -4.48. The van der Waals surface area contributed by atoms with Crippen LogP contribution < -0.4 is 0 Å². The predicted octanol–water partition coefficient (Wildman–Crippen LogP) is 4.54. The summed E-state index contributed by atoms with van der Waals surface area (Å²) in [5, 5.41) is 9.52. The van der Waals surface area contributed by atoms with Crippen LogP contribution >= 0.6 is 11.6 Å². The van der Waals surface area contributed by atoms with Crippen molar-refractivity contribution < 1.29 is 23.1 Å². The second kappa shape index (κ2) is 5.17. The summed E-state index contributed by atoms with van der Waals surface area (Å²) < 4.78 is 38.1. The number of alkyl halides is 3. The normalized spacial score (nSPS) is 11.4. The number of hydrogen-bond donors (Lipinski definition) is 1. The molecule has 2 aromatic carbocycles. The summed E-state index contributed by atoms with van der Waals surface area (Å²) in [6.45, 7) is 0. The number of carbonyl (C=O) groups is 1. The van der Waals surface area contributed by atoms with Crippen LogP contribution in [0.2, 0.25) is 5.02 Å². The molecule has 0 fully saturated rings. The topological polar surface area (TPSA) is 37.3 Å². The third-order valence-electron chi connectivity index (χ3n) is 2.76. The molecule has 0 aromatic heterocycles. The summed E-state index contributed by atoms with van der Waals surface area (Å²) in [7, 11) is 0. The molecule has 0 saturated carbocycles. The number of carbonyl (C=O) groups excluding carboxylic acids is 1. The third-order valence-corrected chi connectivity index (χ3v) is 3.09. The van der Waals surface area contributed by atoms with Crippen molar-refractivity contribution in [3.8, 4) is 16.9 Å². The van der Waals surface area contributed by atoms with E-state index >= 15 is 0 Å². The number of phenolic OH excluding ortho intramolecular Hbond substituents is 1. The molecule has 0 spiro atoms. The van der Waals surface area contributed by atoms with E-state index in [1.54, 1.807) is 0 Å². The highest BCUT2D eigenvalue weighted by atomic mass is 35.5. The Morgan fingerprint density at radius 1 is 1.10 bits per heavy atom. The average molecular weight is 301 g/mol. The van der Waals surface area contributed by atoms with Crippen LogP contribution in [-0.2, 0) is 6.18 Å². The van der Waals surface area contributed by atoms with Crippen molar-refractivity contribution in [1.82, 2.24) is 0 Å². The molecule has 0 saturated heterocycles. The van der Waals surface area contributed by atoms with Gasteiger partial charge in [0.2, 0.25) is 0 Å². The number of benzene rings is 2. The highest BCUT2D eigenvalue weighted by Gasteiger charge is 2.31. The zero-order valence-electron chi connectivity index (χ0n) is 9.91. The first-order chi connectivity index (χ1) is 9.32. The largest absolute Gasteiger partial charge is 0.507 e. The smallest absolute Gasteiger partial charge is 0.416 e. The van der Waals surface area contributed by atoms with Gasteiger partial charge in [-0.1, -0.05) is 17.7 Å². The van der Waals surface area contributed by atoms with E-state index in [1.807, 2.05) is 0 Å². The van der Waals surface area contributed by atoms with Crippen molar-refractivity contribution in [2.24, 2.45) is 0 Å².